The molecule has 2 fully saturated rings. The van der Waals surface area contributed by atoms with E-state index >= 15 is 0 Å². The molecule has 0 heterocycles. The van der Waals surface area contributed by atoms with Crippen LogP contribution >= 0.6 is 0 Å². The topological polar surface area (TPSA) is 26.3 Å². The van der Waals surface area contributed by atoms with Gasteiger partial charge >= 0.3 is 5.97 Å². The van der Waals surface area contributed by atoms with Gasteiger partial charge in [-0.25, -0.2) is 4.79 Å². The predicted octanol–water partition coefficient (Wildman–Crippen LogP) is 10.4. The molecule has 0 saturated heterocycles. The fourth-order valence-corrected chi connectivity index (χ4v) is 10.6. The molecule has 0 aliphatic heterocycles. The monoisotopic (exact) mass is 532 g/mol. The smallest absolute Gasteiger partial charge is 0.338 e. The average molecular weight is 533 g/mol. The van der Waals surface area contributed by atoms with Crippen molar-refractivity contribution in [2.75, 3.05) is 0 Å². The Morgan fingerprint density at radius 3 is 2.28 bits per heavy atom. The summed E-state index contributed by atoms with van der Waals surface area (Å²) in [7, 11) is 0. The minimum Gasteiger partial charge on any atom is -0.458 e. The molecule has 216 valence electrons. The summed E-state index contributed by atoms with van der Waals surface area (Å²) >= 11 is 0. The Morgan fingerprint density at radius 1 is 0.872 bits per heavy atom. The third-order valence-corrected chi connectivity index (χ3v) is 13.1. The lowest BCUT2D eigenvalue weighted by atomic mass is 9.43. The van der Waals surface area contributed by atoms with Crippen molar-refractivity contribution >= 4 is 5.97 Å². The van der Waals surface area contributed by atoms with E-state index in [1.165, 1.54) is 57.8 Å². The molecule has 7 atom stereocenters. The molecular formula is C37H56O2. The second kappa shape index (κ2) is 10.4. The number of ether oxygens (including phenoxy) is 1. The Hall–Kier alpha value is -1.57. The maximum absolute atomic E-state index is 13.0. The van der Waals surface area contributed by atoms with Gasteiger partial charge in [0.2, 0.25) is 0 Å². The van der Waals surface area contributed by atoms with E-state index in [1.54, 1.807) is 0 Å². The van der Waals surface area contributed by atoms with Gasteiger partial charge in [0, 0.05) is 5.41 Å². The normalized spacial score (nSPS) is 38.1. The number of esters is 1. The van der Waals surface area contributed by atoms with Gasteiger partial charge in [0.1, 0.15) is 6.10 Å². The lowest BCUT2D eigenvalue weighted by molar-refractivity contribution is -0.104. The van der Waals surface area contributed by atoms with E-state index < -0.39 is 0 Å². The van der Waals surface area contributed by atoms with Gasteiger partial charge in [-0.1, -0.05) is 104 Å². The zero-order valence-corrected chi connectivity index (χ0v) is 26.4. The van der Waals surface area contributed by atoms with Crippen molar-refractivity contribution < 1.29 is 9.53 Å². The molecular weight excluding hydrogens is 476 g/mol. The first-order valence-corrected chi connectivity index (χ1v) is 16.3. The molecule has 4 aliphatic carbocycles. The fourth-order valence-electron chi connectivity index (χ4n) is 10.6. The first kappa shape index (κ1) is 28.9. The van der Waals surface area contributed by atoms with Gasteiger partial charge in [0.25, 0.3) is 0 Å². The van der Waals surface area contributed by atoms with Crippen molar-refractivity contribution in [1.82, 2.24) is 0 Å². The summed E-state index contributed by atoms with van der Waals surface area (Å²) in [5.41, 5.74) is 5.36. The largest absolute Gasteiger partial charge is 0.458 e. The van der Waals surface area contributed by atoms with E-state index in [0.29, 0.717) is 22.3 Å². The van der Waals surface area contributed by atoms with Crippen LogP contribution in [0, 0.1) is 45.3 Å². The number of fused-ring (bicyclic) bond motifs is 4. The van der Waals surface area contributed by atoms with Gasteiger partial charge < -0.3 is 4.74 Å². The molecule has 1 unspecified atom stereocenters. The summed E-state index contributed by atoms with van der Waals surface area (Å²) in [6.45, 7) is 20.0. The van der Waals surface area contributed by atoms with Gasteiger partial charge in [-0.2, -0.15) is 0 Å². The fraction of sp³-hybridized carbons (Fsp3) is 0.757. The molecule has 0 aromatic heterocycles. The number of benzene rings is 1. The highest BCUT2D eigenvalue weighted by atomic mass is 16.5. The zero-order chi connectivity index (χ0) is 28.2. The van der Waals surface area contributed by atoms with Crippen LogP contribution in [-0.4, -0.2) is 12.1 Å². The number of rotatable bonds is 7. The number of carbonyl (C=O) groups excluding carboxylic acids is 1. The third kappa shape index (κ3) is 4.64. The third-order valence-electron chi connectivity index (χ3n) is 13.1. The van der Waals surface area contributed by atoms with Crippen LogP contribution < -0.4 is 0 Å². The van der Waals surface area contributed by atoms with Crippen molar-refractivity contribution in [2.24, 2.45) is 45.3 Å². The Kier molecular flexibility index (Phi) is 7.69. The maximum atomic E-state index is 13.0. The Balaban J connectivity index is 1.37. The summed E-state index contributed by atoms with van der Waals surface area (Å²) in [6.07, 6.45) is 14.2. The van der Waals surface area contributed by atoms with Crippen LogP contribution in [0.25, 0.3) is 0 Å². The van der Waals surface area contributed by atoms with E-state index in [2.05, 4.69) is 55.4 Å². The summed E-state index contributed by atoms with van der Waals surface area (Å²) in [5, 5.41) is 0. The maximum Gasteiger partial charge on any atom is 0.338 e. The molecule has 0 bridgehead atoms. The van der Waals surface area contributed by atoms with Crippen LogP contribution in [0.3, 0.4) is 0 Å². The Labute approximate surface area is 239 Å². The Morgan fingerprint density at radius 2 is 1.59 bits per heavy atom. The van der Waals surface area contributed by atoms with Gasteiger partial charge in [-0.05, 0) is 103 Å². The van der Waals surface area contributed by atoms with E-state index in [0.717, 1.165) is 30.6 Å². The number of hydrogen-bond acceptors (Lipinski definition) is 2. The highest BCUT2D eigenvalue weighted by molar-refractivity contribution is 5.89. The molecule has 39 heavy (non-hydrogen) atoms. The highest BCUT2D eigenvalue weighted by Crippen LogP contribution is 2.72. The van der Waals surface area contributed by atoms with Crippen molar-refractivity contribution in [3.63, 3.8) is 0 Å². The standard InChI is InChI=1S/C37H56O2/c1-25(2)13-12-14-26(3)28-19-23-37(8)30-17-18-31-34(4,5)32(39-33(38)27-15-10-9-11-16-27)21-22-35(31,6)29(30)20-24-36(28,37)7/h9-11,15-16,25-26,28,31-32H,12-14,17-24H2,1-8H3/t26-,28-,31?,32+,35-,36-,37+/m1/s1. The van der Waals surface area contributed by atoms with Crippen molar-refractivity contribution in [2.45, 2.75) is 132 Å². The summed E-state index contributed by atoms with van der Waals surface area (Å²) in [5.74, 6) is 2.91. The van der Waals surface area contributed by atoms with Gasteiger partial charge in [0.05, 0.1) is 5.56 Å². The van der Waals surface area contributed by atoms with Crippen LogP contribution in [0.2, 0.25) is 0 Å². The second-order valence-corrected chi connectivity index (χ2v) is 15.8. The molecule has 2 saturated carbocycles. The number of allylic oxidation sites excluding steroid dienone is 2. The van der Waals surface area contributed by atoms with E-state index in [9.17, 15) is 4.79 Å². The number of hydrogen-bond donors (Lipinski definition) is 0. The van der Waals surface area contributed by atoms with Crippen LogP contribution in [0.1, 0.15) is 136 Å². The summed E-state index contributed by atoms with van der Waals surface area (Å²) in [6, 6.07) is 9.55. The second-order valence-electron chi connectivity index (χ2n) is 15.8. The molecule has 0 N–H and O–H groups in total. The first-order chi connectivity index (χ1) is 18.3. The highest BCUT2D eigenvalue weighted by Gasteiger charge is 2.63. The minimum atomic E-state index is -0.159. The molecule has 1 aromatic rings. The molecule has 1 aromatic carbocycles. The molecule has 0 radical (unpaired) electrons. The molecule has 5 rings (SSSR count). The molecule has 0 amide bonds. The van der Waals surface area contributed by atoms with Gasteiger partial charge in [-0.15, -0.1) is 0 Å². The zero-order valence-electron chi connectivity index (χ0n) is 26.4. The first-order valence-electron chi connectivity index (χ1n) is 16.3. The van der Waals surface area contributed by atoms with Crippen LogP contribution in [-0.2, 0) is 4.74 Å². The minimum absolute atomic E-state index is 0.0163. The SMILES string of the molecule is CC(C)CCC[C@@H](C)[C@H]1CC[C@@]2(C)C3=C(CC[C@]12C)[C@@]1(C)CC[C@H](OC(=O)c2ccccc2)C(C)(C)C1CC3. The predicted molar refractivity (Wildman–Crippen MR) is 163 cm³/mol. The van der Waals surface area contributed by atoms with E-state index in [-0.39, 0.29) is 22.9 Å². The van der Waals surface area contributed by atoms with Crippen LogP contribution in [0.15, 0.2) is 41.5 Å². The van der Waals surface area contributed by atoms with Crippen molar-refractivity contribution in [3.05, 3.63) is 47.0 Å². The van der Waals surface area contributed by atoms with Crippen LogP contribution in [0.5, 0.6) is 0 Å². The quantitative estimate of drug-likeness (QED) is 0.258. The van der Waals surface area contributed by atoms with Crippen molar-refractivity contribution in [1.29, 1.82) is 0 Å². The summed E-state index contributed by atoms with van der Waals surface area (Å²) in [4.78, 5) is 13.0. The molecule has 2 heteroatoms. The summed E-state index contributed by atoms with van der Waals surface area (Å²) < 4.78 is 6.26. The molecule has 2 nitrogen and oxygen atoms in total. The van der Waals surface area contributed by atoms with Crippen molar-refractivity contribution in [3.8, 4) is 0 Å². The van der Waals surface area contributed by atoms with Gasteiger partial charge in [0.15, 0.2) is 0 Å². The molecule has 4 aliphatic rings. The molecule has 0 spiro atoms. The lowest BCUT2D eigenvalue weighted by Gasteiger charge is -2.62. The average Bonchev–Trinajstić information content (AvgIpc) is 3.17. The van der Waals surface area contributed by atoms with E-state index in [1.807, 2.05) is 41.5 Å². The number of carbonyl (C=O) groups is 1. The Bertz CT molecular complexity index is 1080. The van der Waals surface area contributed by atoms with Crippen LogP contribution in [0.4, 0.5) is 0 Å². The lowest BCUT2D eigenvalue weighted by Crippen LogP contribution is -2.55. The van der Waals surface area contributed by atoms with Gasteiger partial charge in [-0.3, -0.25) is 0 Å². The van der Waals surface area contributed by atoms with E-state index in [4.69, 9.17) is 4.74 Å².